The summed E-state index contributed by atoms with van der Waals surface area (Å²) in [5.74, 6) is 0.279. The number of aliphatic hydroxyl groups is 1. The standard InChI is InChI=1S/C15H19FN2O/c1-10(2)3-8-14(19)13-9-17-18-15(13)11-4-6-12(16)7-5-11/h4-7,9-10,14,19H,3,8H2,1-2H3,(H,17,18). The van der Waals surface area contributed by atoms with E-state index in [0.29, 0.717) is 12.3 Å². The third-order valence-corrected chi connectivity index (χ3v) is 3.18. The molecule has 0 spiro atoms. The Bertz CT molecular complexity index is 519. The van der Waals surface area contributed by atoms with Crippen LogP contribution in [0.4, 0.5) is 4.39 Å². The Morgan fingerprint density at radius 2 is 1.89 bits per heavy atom. The van der Waals surface area contributed by atoms with Crippen LogP contribution in [0.2, 0.25) is 0 Å². The zero-order valence-corrected chi connectivity index (χ0v) is 11.2. The third-order valence-electron chi connectivity index (χ3n) is 3.18. The molecule has 0 saturated heterocycles. The second-order valence-electron chi connectivity index (χ2n) is 5.19. The van der Waals surface area contributed by atoms with Gasteiger partial charge in [0.1, 0.15) is 5.82 Å². The topological polar surface area (TPSA) is 48.9 Å². The van der Waals surface area contributed by atoms with Crippen molar-refractivity contribution in [1.82, 2.24) is 10.2 Å². The van der Waals surface area contributed by atoms with Gasteiger partial charge in [-0.2, -0.15) is 5.10 Å². The molecule has 0 fully saturated rings. The zero-order valence-electron chi connectivity index (χ0n) is 11.2. The van der Waals surface area contributed by atoms with Crippen LogP contribution in [0.3, 0.4) is 0 Å². The van der Waals surface area contributed by atoms with Gasteiger partial charge in [-0.05, 0) is 43.0 Å². The molecule has 19 heavy (non-hydrogen) atoms. The van der Waals surface area contributed by atoms with Crippen LogP contribution in [-0.4, -0.2) is 15.3 Å². The third kappa shape index (κ3) is 3.41. The molecule has 1 unspecified atom stereocenters. The number of nitrogens with zero attached hydrogens (tertiary/aromatic N) is 1. The maximum Gasteiger partial charge on any atom is 0.123 e. The van der Waals surface area contributed by atoms with E-state index in [1.807, 2.05) is 0 Å². The molecule has 4 heteroatoms. The molecule has 0 amide bonds. The molecule has 0 aliphatic carbocycles. The van der Waals surface area contributed by atoms with Gasteiger partial charge < -0.3 is 5.11 Å². The van der Waals surface area contributed by atoms with Crippen LogP contribution in [0.15, 0.2) is 30.5 Å². The predicted molar refractivity (Wildman–Crippen MR) is 73.0 cm³/mol. The number of rotatable bonds is 5. The molecular formula is C15H19FN2O. The highest BCUT2D eigenvalue weighted by atomic mass is 19.1. The zero-order chi connectivity index (χ0) is 13.8. The van der Waals surface area contributed by atoms with Crippen molar-refractivity contribution in [1.29, 1.82) is 0 Å². The van der Waals surface area contributed by atoms with E-state index in [9.17, 15) is 9.50 Å². The molecule has 0 bridgehead atoms. The number of H-pyrrole nitrogens is 1. The lowest BCUT2D eigenvalue weighted by Crippen LogP contribution is -2.00. The summed E-state index contributed by atoms with van der Waals surface area (Å²) in [5, 5.41) is 17.1. The lowest BCUT2D eigenvalue weighted by molar-refractivity contribution is 0.160. The monoisotopic (exact) mass is 262 g/mol. The average molecular weight is 262 g/mol. The van der Waals surface area contributed by atoms with Gasteiger partial charge >= 0.3 is 0 Å². The van der Waals surface area contributed by atoms with Gasteiger partial charge in [-0.3, -0.25) is 5.10 Å². The van der Waals surface area contributed by atoms with Crippen molar-refractivity contribution in [3.63, 3.8) is 0 Å². The highest BCUT2D eigenvalue weighted by Gasteiger charge is 2.16. The second kappa shape index (κ2) is 5.97. The van der Waals surface area contributed by atoms with E-state index in [4.69, 9.17) is 0 Å². The number of halogens is 1. The summed E-state index contributed by atoms with van der Waals surface area (Å²) in [5.41, 5.74) is 2.36. The Morgan fingerprint density at radius 1 is 1.21 bits per heavy atom. The molecule has 1 aromatic heterocycles. The van der Waals surface area contributed by atoms with Crippen molar-refractivity contribution in [2.45, 2.75) is 32.8 Å². The number of aromatic nitrogens is 2. The van der Waals surface area contributed by atoms with Gasteiger partial charge in [0.15, 0.2) is 0 Å². The van der Waals surface area contributed by atoms with Crippen LogP contribution in [0, 0.1) is 11.7 Å². The van der Waals surface area contributed by atoms with Crippen LogP contribution in [0.5, 0.6) is 0 Å². The minimum atomic E-state index is -0.541. The Balaban J connectivity index is 2.19. The van der Waals surface area contributed by atoms with E-state index in [1.165, 1.54) is 12.1 Å². The summed E-state index contributed by atoms with van der Waals surface area (Å²) in [4.78, 5) is 0. The van der Waals surface area contributed by atoms with Crippen LogP contribution >= 0.6 is 0 Å². The fourth-order valence-corrected chi connectivity index (χ4v) is 2.04. The summed E-state index contributed by atoms with van der Waals surface area (Å²) < 4.78 is 12.9. The summed E-state index contributed by atoms with van der Waals surface area (Å²) in [6, 6.07) is 6.17. The van der Waals surface area contributed by atoms with Crippen molar-refractivity contribution in [3.05, 3.63) is 41.8 Å². The fraction of sp³-hybridized carbons (Fsp3) is 0.400. The quantitative estimate of drug-likeness (QED) is 0.863. The van der Waals surface area contributed by atoms with Gasteiger partial charge in [-0.1, -0.05) is 13.8 Å². The van der Waals surface area contributed by atoms with E-state index >= 15 is 0 Å². The normalized spacial score (nSPS) is 12.9. The number of nitrogens with one attached hydrogen (secondary N) is 1. The molecule has 2 rings (SSSR count). The number of hydrogen-bond donors (Lipinski definition) is 2. The van der Waals surface area contributed by atoms with Crippen LogP contribution in [0.1, 0.15) is 38.4 Å². The average Bonchev–Trinajstić information content (AvgIpc) is 2.86. The first-order valence-corrected chi connectivity index (χ1v) is 6.55. The SMILES string of the molecule is CC(C)CCC(O)c1cn[nH]c1-c1ccc(F)cc1. The maximum atomic E-state index is 12.9. The molecule has 2 aromatic rings. The highest BCUT2D eigenvalue weighted by Crippen LogP contribution is 2.29. The fourth-order valence-electron chi connectivity index (χ4n) is 2.04. The van der Waals surface area contributed by atoms with Gasteiger partial charge in [0.05, 0.1) is 18.0 Å². The largest absolute Gasteiger partial charge is 0.388 e. The predicted octanol–water partition coefficient (Wildman–Crippen LogP) is 3.69. The van der Waals surface area contributed by atoms with E-state index in [0.717, 1.165) is 23.2 Å². The molecule has 0 aliphatic rings. The van der Waals surface area contributed by atoms with Gasteiger partial charge in [0, 0.05) is 11.1 Å². The number of aliphatic hydroxyl groups excluding tert-OH is 1. The van der Waals surface area contributed by atoms with E-state index in [-0.39, 0.29) is 5.82 Å². The molecular weight excluding hydrogens is 243 g/mol. The summed E-state index contributed by atoms with van der Waals surface area (Å²) in [7, 11) is 0. The Hall–Kier alpha value is -1.68. The Labute approximate surface area is 112 Å². The molecule has 1 heterocycles. The lowest BCUT2D eigenvalue weighted by atomic mass is 9.98. The number of benzene rings is 1. The van der Waals surface area contributed by atoms with Crippen LogP contribution in [-0.2, 0) is 0 Å². The molecule has 1 atom stereocenters. The minimum absolute atomic E-state index is 0.273. The first kappa shape index (κ1) is 13.7. The maximum absolute atomic E-state index is 12.9. The summed E-state index contributed by atoms with van der Waals surface area (Å²) in [6.07, 6.45) is 2.76. The van der Waals surface area contributed by atoms with Crippen molar-refractivity contribution in [3.8, 4) is 11.3 Å². The molecule has 0 aliphatic heterocycles. The summed E-state index contributed by atoms with van der Waals surface area (Å²) >= 11 is 0. The summed E-state index contributed by atoms with van der Waals surface area (Å²) in [6.45, 7) is 4.26. The lowest BCUT2D eigenvalue weighted by Gasteiger charge is -2.12. The van der Waals surface area contributed by atoms with Gasteiger partial charge in [0.2, 0.25) is 0 Å². The molecule has 2 N–H and O–H groups in total. The van der Waals surface area contributed by atoms with Crippen molar-refractivity contribution in [2.24, 2.45) is 5.92 Å². The van der Waals surface area contributed by atoms with Crippen LogP contribution in [0.25, 0.3) is 11.3 Å². The Kier molecular flexibility index (Phi) is 4.32. The smallest absolute Gasteiger partial charge is 0.123 e. The van der Waals surface area contributed by atoms with E-state index in [2.05, 4.69) is 24.0 Å². The first-order chi connectivity index (χ1) is 9.08. The van der Waals surface area contributed by atoms with Crippen molar-refractivity contribution >= 4 is 0 Å². The first-order valence-electron chi connectivity index (χ1n) is 6.55. The van der Waals surface area contributed by atoms with E-state index < -0.39 is 6.10 Å². The highest BCUT2D eigenvalue weighted by molar-refractivity contribution is 5.62. The molecule has 0 radical (unpaired) electrons. The minimum Gasteiger partial charge on any atom is -0.388 e. The van der Waals surface area contributed by atoms with E-state index in [1.54, 1.807) is 18.3 Å². The molecule has 1 aromatic carbocycles. The van der Waals surface area contributed by atoms with Crippen molar-refractivity contribution < 1.29 is 9.50 Å². The molecule has 3 nitrogen and oxygen atoms in total. The van der Waals surface area contributed by atoms with Gasteiger partial charge in [-0.25, -0.2) is 4.39 Å². The van der Waals surface area contributed by atoms with Gasteiger partial charge in [-0.15, -0.1) is 0 Å². The Morgan fingerprint density at radius 3 is 2.53 bits per heavy atom. The second-order valence-corrected chi connectivity index (χ2v) is 5.19. The van der Waals surface area contributed by atoms with Crippen LogP contribution < -0.4 is 0 Å². The number of aromatic amines is 1. The van der Waals surface area contributed by atoms with Crippen molar-refractivity contribution in [2.75, 3.05) is 0 Å². The molecule has 0 saturated carbocycles. The number of hydrogen-bond acceptors (Lipinski definition) is 2. The van der Waals surface area contributed by atoms with Gasteiger partial charge in [0.25, 0.3) is 0 Å². The molecule has 102 valence electrons.